The second kappa shape index (κ2) is 7.83. The molecule has 3 rings (SSSR count). The summed E-state index contributed by atoms with van der Waals surface area (Å²) in [7, 11) is 1.95. The first kappa shape index (κ1) is 17.0. The van der Waals surface area contributed by atoms with Gasteiger partial charge in [0, 0.05) is 25.7 Å². The molecule has 5 nitrogen and oxygen atoms in total. The first-order valence-corrected chi connectivity index (χ1v) is 9.45. The van der Waals surface area contributed by atoms with Gasteiger partial charge < -0.3 is 9.47 Å². The van der Waals surface area contributed by atoms with Crippen LogP contribution in [-0.2, 0) is 11.8 Å². The van der Waals surface area contributed by atoms with Crippen molar-refractivity contribution >= 4 is 17.7 Å². The molecule has 1 saturated heterocycles. The van der Waals surface area contributed by atoms with Gasteiger partial charge in [-0.1, -0.05) is 54.9 Å². The van der Waals surface area contributed by atoms with Gasteiger partial charge in [-0.25, -0.2) is 0 Å². The molecule has 1 aromatic carbocycles. The Morgan fingerprint density at radius 2 is 1.75 bits per heavy atom. The van der Waals surface area contributed by atoms with Crippen LogP contribution in [0.3, 0.4) is 0 Å². The number of likely N-dealkylation sites (tertiary alicyclic amines) is 1. The average molecular weight is 344 g/mol. The molecule has 0 spiro atoms. The minimum atomic E-state index is -0.144. The van der Waals surface area contributed by atoms with Crippen LogP contribution in [0.1, 0.15) is 32.6 Å². The van der Waals surface area contributed by atoms with Gasteiger partial charge in [0.25, 0.3) is 0 Å². The second-order valence-electron chi connectivity index (χ2n) is 6.23. The number of hydrogen-bond donors (Lipinski definition) is 0. The van der Waals surface area contributed by atoms with Crippen molar-refractivity contribution in [3.05, 3.63) is 30.3 Å². The molecule has 1 aliphatic rings. The Morgan fingerprint density at radius 3 is 2.42 bits per heavy atom. The third-order valence-electron chi connectivity index (χ3n) is 4.41. The molecule has 2 aromatic rings. The maximum Gasteiger partial charge on any atom is 0.235 e. The van der Waals surface area contributed by atoms with Gasteiger partial charge >= 0.3 is 0 Å². The van der Waals surface area contributed by atoms with Crippen molar-refractivity contribution in [2.24, 2.45) is 7.05 Å². The molecule has 0 aliphatic carbocycles. The Hall–Kier alpha value is -1.82. The summed E-state index contributed by atoms with van der Waals surface area (Å²) < 4.78 is 1.96. The van der Waals surface area contributed by atoms with Crippen LogP contribution in [0.15, 0.2) is 35.5 Å². The van der Waals surface area contributed by atoms with Gasteiger partial charge in [-0.05, 0) is 19.8 Å². The van der Waals surface area contributed by atoms with Crippen molar-refractivity contribution in [2.75, 3.05) is 13.1 Å². The van der Waals surface area contributed by atoms with E-state index in [1.165, 1.54) is 24.6 Å². The highest BCUT2D eigenvalue weighted by atomic mass is 32.2. The van der Waals surface area contributed by atoms with E-state index < -0.39 is 0 Å². The highest BCUT2D eigenvalue weighted by Crippen LogP contribution is 2.27. The minimum Gasteiger partial charge on any atom is -0.342 e. The van der Waals surface area contributed by atoms with Crippen LogP contribution in [0, 0.1) is 0 Å². The van der Waals surface area contributed by atoms with E-state index in [-0.39, 0.29) is 11.2 Å². The molecule has 6 heteroatoms. The molecule has 0 N–H and O–H groups in total. The number of amides is 1. The topological polar surface area (TPSA) is 51.0 Å². The molecule has 1 fully saturated rings. The fraction of sp³-hybridized carbons (Fsp3) is 0.500. The Labute approximate surface area is 147 Å². The highest BCUT2D eigenvalue weighted by Gasteiger charge is 2.24. The third-order valence-corrected chi connectivity index (χ3v) is 5.54. The van der Waals surface area contributed by atoms with Crippen molar-refractivity contribution in [3.8, 4) is 11.4 Å². The Balaban J connectivity index is 1.69. The zero-order valence-electron chi connectivity index (χ0n) is 14.3. The fourth-order valence-corrected chi connectivity index (χ4v) is 3.91. The molecule has 2 heterocycles. The number of carbonyl (C=O) groups excluding carboxylic acids is 1. The first-order valence-electron chi connectivity index (χ1n) is 8.57. The summed E-state index contributed by atoms with van der Waals surface area (Å²) >= 11 is 1.49. The van der Waals surface area contributed by atoms with Crippen molar-refractivity contribution in [1.29, 1.82) is 0 Å². The van der Waals surface area contributed by atoms with Gasteiger partial charge in [0.2, 0.25) is 5.91 Å². The summed E-state index contributed by atoms with van der Waals surface area (Å²) in [4.78, 5) is 14.7. The maximum absolute atomic E-state index is 12.7. The summed E-state index contributed by atoms with van der Waals surface area (Å²) in [5.74, 6) is 1.04. The van der Waals surface area contributed by atoms with E-state index in [0.29, 0.717) is 0 Å². The second-order valence-corrected chi connectivity index (χ2v) is 7.54. The molecule has 1 aromatic heterocycles. The summed E-state index contributed by atoms with van der Waals surface area (Å²) in [6.07, 6.45) is 4.69. The van der Waals surface area contributed by atoms with Crippen molar-refractivity contribution < 1.29 is 4.79 Å². The average Bonchev–Trinajstić information content (AvgIpc) is 2.81. The van der Waals surface area contributed by atoms with Crippen molar-refractivity contribution in [2.45, 2.75) is 43.0 Å². The Bertz CT molecular complexity index is 678. The predicted molar refractivity (Wildman–Crippen MR) is 96.8 cm³/mol. The lowest BCUT2D eigenvalue weighted by Crippen LogP contribution is -2.37. The van der Waals surface area contributed by atoms with E-state index in [0.717, 1.165) is 42.5 Å². The smallest absolute Gasteiger partial charge is 0.235 e. The van der Waals surface area contributed by atoms with Gasteiger partial charge in [-0.2, -0.15) is 0 Å². The van der Waals surface area contributed by atoms with E-state index in [1.807, 2.05) is 53.8 Å². The Morgan fingerprint density at radius 1 is 1.08 bits per heavy atom. The number of hydrogen-bond acceptors (Lipinski definition) is 4. The molecule has 1 atom stereocenters. The van der Waals surface area contributed by atoms with Gasteiger partial charge in [0.15, 0.2) is 11.0 Å². The van der Waals surface area contributed by atoms with Gasteiger partial charge in [-0.15, -0.1) is 10.2 Å². The van der Waals surface area contributed by atoms with Gasteiger partial charge in [0.1, 0.15) is 0 Å². The number of aromatic nitrogens is 3. The molecule has 24 heavy (non-hydrogen) atoms. The molecule has 1 amide bonds. The molecule has 0 saturated carbocycles. The van der Waals surface area contributed by atoms with Crippen LogP contribution >= 0.6 is 11.8 Å². The van der Waals surface area contributed by atoms with Crippen LogP contribution < -0.4 is 0 Å². The van der Waals surface area contributed by atoms with Gasteiger partial charge in [-0.3, -0.25) is 4.79 Å². The number of benzene rings is 1. The van der Waals surface area contributed by atoms with E-state index >= 15 is 0 Å². The predicted octanol–water partition coefficient (Wildman–Crippen LogP) is 3.37. The molecule has 0 radical (unpaired) electrons. The van der Waals surface area contributed by atoms with Crippen LogP contribution in [-0.4, -0.2) is 43.9 Å². The summed E-state index contributed by atoms with van der Waals surface area (Å²) in [6, 6.07) is 10.00. The van der Waals surface area contributed by atoms with E-state index in [9.17, 15) is 4.79 Å². The number of nitrogens with zero attached hydrogens (tertiary/aromatic N) is 4. The summed E-state index contributed by atoms with van der Waals surface area (Å²) in [5, 5.41) is 9.21. The van der Waals surface area contributed by atoms with Crippen LogP contribution in [0.25, 0.3) is 11.4 Å². The molecule has 0 bridgehead atoms. The normalized spacial score (nSPS) is 16.7. The zero-order chi connectivity index (χ0) is 16.9. The van der Waals surface area contributed by atoms with Crippen LogP contribution in [0.2, 0.25) is 0 Å². The third kappa shape index (κ3) is 3.80. The van der Waals surface area contributed by atoms with E-state index in [2.05, 4.69) is 10.2 Å². The van der Waals surface area contributed by atoms with E-state index in [1.54, 1.807) is 0 Å². The van der Waals surface area contributed by atoms with E-state index in [4.69, 9.17) is 0 Å². The van der Waals surface area contributed by atoms with Crippen molar-refractivity contribution in [1.82, 2.24) is 19.7 Å². The number of thioether (sulfide) groups is 1. The summed E-state index contributed by atoms with van der Waals surface area (Å²) in [6.45, 7) is 3.74. The standard InChI is InChI=1S/C18H24N4OS/c1-14(17(23)22-12-8-3-4-9-13-22)24-18-20-19-16(21(18)2)15-10-6-5-7-11-15/h5-7,10-11,14H,3-4,8-9,12-13H2,1-2H3/t14-/m0/s1. The fourth-order valence-electron chi connectivity index (χ4n) is 3.01. The lowest BCUT2D eigenvalue weighted by atomic mass is 10.2. The minimum absolute atomic E-state index is 0.144. The van der Waals surface area contributed by atoms with Crippen LogP contribution in [0.4, 0.5) is 0 Å². The zero-order valence-corrected chi connectivity index (χ0v) is 15.1. The highest BCUT2D eigenvalue weighted by molar-refractivity contribution is 8.00. The molecular formula is C18H24N4OS. The Kier molecular flexibility index (Phi) is 5.56. The van der Waals surface area contributed by atoms with Crippen LogP contribution in [0.5, 0.6) is 0 Å². The lowest BCUT2D eigenvalue weighted by Gasteiger charge is -2.23. The molecular weight excluding hydrogens is 320 g/mol. The monoisotopic (exact) mass is 344 g/mol. The van der Waals surface area contributed by atoms with Crippen molar-refractivity contribution in [3.63, 3.8) is 0 Å². The quantitative estimate of drug-likeness (QED) is 0.798. The SMILES string of the molecule is C[C@H](Sc1nnc(-c2ccccc2)n1C)C(=O)N1CCCCCC1. The maximum atomic E-state index is 12.7. The first-order chi connectivity index (χ1) is 11.7. The largest absolute Gasteiger partial charge is 0.342 e. The molecule has 1 aliphatic heterocycles. The molecule has 128 valence electrons. The number of rotatable bonds is 4. The van der Waals surface area contributed by atoms with Gasteiger partial charge in [0.05, 0.1) is 5.25 Å². The lowest BCUT2D eigenvalue weighted by molar-refractivity contribution is -0.130. The summed E-state index contributed by atoms with van der Waals surface area (Å²) in [5.41, 5.74) is 1.03. The number of carbonyl (C=O) groups is 1. The molecule has 0 unspecified atom stereocenters.